The molecule has 0 spiro atoms. The predicted octanol–water partition coefficient (Wildman–Crippen LogP) is 2.34. The molecule has 1 aliphatic heterocycles. The SMILES string of the molecule is Cc1ccc(C(=O)c2ccccc2C(=O)N2CCN(CCS(C)(=O)=O)CC2)cc1C. The van der Waals surface area contributed by atoms with Gasteiger partial charge in [-0.05, 0) is 37.1 Å². The topological polar surface area (TPSA) is 74.8 Å². The summed E-state index contributed by atoms with van der Waals surface area (Å²) in [4.78, 5) is 30.1. The first-order valence-corrected chi connectivity index (χ1v) is 12.1. The van der Waals surface area contributed by atoms with Crippen molar-refractivity contribution in [1.82, 2.24) is 9.80 Å². The molecule has 6 nitrogen and oxygen atoms in total. The van der Waals surface area contributed by atoms with E-state index in [1.54, 1.807) is 35.2 Å². The van der Waals surface area contributed by atoms with Crippen molar-refractivity contribution in [2.24, 2.45) is 0 Å². The van der Waals surface area contributed by atoms with Crippen LogP contribution in [-0.2, 0) is 9.84 Å². The van der Waals surface area contributed by atoms with Crippen molar-refractivity contribution in [3.05, 3.63) is 70.3 Å². The Labute approximate surface area is 178 Å². The Bertz CT molecular complexity index is 1050. The number of sulfone groups is 1. The molecule has 2 aromatic rings. The van der Waals surface area contributed by atoms with Gasteiger partial charge in [-0.1, -0.05) is 30.3 Å². The third-order valence-electron chi connectivity index (χ3n) is 5.61. The zero-order valence-electron chi connectivity index (χ0n) is 17.7. The van der Waals surface area contributed by atoms with E-state index in [4.69, 9.17) is 0 Å². The van der Waals surface area contributed by atoms with E-state index in [0.717, 1.165) is 11.1 Å². The second-order valence-corrected chi connectivity index (χ2v) is 10.2. The maximum Gasteiger partial charge on any atom is 0.254 e. The molecule has 160 valence electrons. The van der Waals surface area contributed by atoms with Crippen LogP contribution in [0.4, 0.5) is 0 Å². The second kappa shape index (κ2) is 9.10. The summed E-state index contributed by atoms with van der Waals surface area (Å²) in [5.41, 5.74) is 3.54. The van der Waals surface area contributed by atoms with Crippen LogP contribution < -0.4 is 0 Å². The molecule has 0 radical (unpaired) electrons. The number of aryl methyl sites for hydroxylation is 2. The minimum Gasteiger partial charge on any atom is -0.336 e. The molecule has 1 aliphatic rings. The van der Waals surface area contributed by atoms with Crippen LogP contribution in [0.15, 0.2) is 42.5 Å². The van der Waals surface area contributed by atoms with E-state index < -0.39 is 9.84 Å². The highest BCUT2D eigenvalue weighted by atomic mass is 32.2. The fourth-order valence-electron chi connectivity index (χ4n) is 3.55. The van der Waals surface area contributed by atoms with Crippen LogP contribution in [0.2, 0.25) is 0 Å². The number of benzene rings is 2. The van der Waals surface area contributed by atoms with Gasteiger partial charge in [0, 0.05) is 50.1 Å². The summed E-state index contributed by atoms with van der Waals surface area (Å²) in [5, 5.41) is 0. The van der Waals surface area contributed by atoms with Crippen LogP contribution in [0, 0.1) is 13.8 Å². The highest BCUT2D eigenvalue weighted by Gasteiger charge is 2.26. The molecule has 0 aliphatic carbocycles. The van der Waals surface area contributed by atoms with E-state index in [-0.39, 0.29) is 17.4 Å². The Morgan fingerprint density at radius 3 is 2.13 bits per heavy atom. The number of hydrogen-bond donors (Lipinski definition) is 0. The molecule has 0 unspecified atom stereocenters. The van der Waals surface area contributed by atoms with Crippen LogP contribution in [0.25, 0.3) is 0 Å². The lowest BCUT2D eigenvalue weighted by Crippen LogP contribution is -2.49. The smallest absolute Gasteiger partial charge is 0.254 e. The summed E-state index contributed by atoms with van der Waals surface area (Å²) >= 11 is 0. The number of nitrogens with zero attached hydrogens (tertiary/aromatic N) is 2. The quantitative estimate of drug-likeness (QED) is 0.660. The summed E-state index contributed by atoms with van der Waals surface area (Å²) in [6, 6.07) is 12.5. The van der Waals surface area contributed by atoms with Gasteiger partial charge in [0.2, 0.25) is 0 Å². The third-order valence-corrected chi connectivity index (χ3v) is 6.53. The number of hydrogen-bond acceptors (Lipinski definition) is 5. The van der Waals surface area contributed by atoms with Crippen molar-refractivity contribution in [3.63, 3.8) is 0 Å². The maximum atomic E-state index is 13.2. The van der Waals surface area contributed by atoms with Crippen molar-refractivity contribution in [2.45, 2.75) is 13.8 Å². The van der Waals surface area contributed by atoms with Gasteiger partial charge < -0.3 is 4.90 Å². The molecule has 0 aromatic heterocycles. The van der Waals surface area contributed by atoms with E-state index in [2.05, 4.69) is 4.90 Å². The summed E-state index contributed by atoms with van der Waals surface area (Å²) in [5.74, 6) is -0.201. The van der Waals surface area contributed by atoms with Crippen LogP contribution in [0.1, 0.15) is 37.4 Å². The van der Waals surface area contributed by atoms with Gasteiger partial charge in [-0.25, -0.2) is 8.42 Å². The van der Waals surface area contributed by atoms with Crippen LogP contribution >= 0.6 is 0 Å². The van der Waals surface area contributed by atoms with Gasteiger partial charge in [0.1, 0.15) is 9.84 Å². The molecule has 7 heteroatoms. The van der Waals surface area contributed by atoms with Gasteiger partial charge in [-0.15, -0.1) is 0 Å². The molecule has 2 aromatic carbocycles. The lowest BCUT2D eigenvalue weighted by molar-refractivity contribution is 0.0641. The summed E-state index contributed by atoms with van der Waals surface area (Å²) in [6.45, 7) is 6.69. The van der Waals surface area contributed by atoms with Crippen LogP contribution in [0.3, 0.4) is 0 Å². The largest absolute Gasteiger partial charge is 0.336 e. The zero-order chi connectivity index (χ0) is 21.9. The fourth-order valence-corrected chi connectivity index (χ4v) is 4.14. The number of ketones is 1. The molecule has 1 fully saturated rings. The van der Waals surface area contributed by atoms with Crippen molar-refractivity contribution in [3.8, 4) is 0 Å². The molecule has 1 heterocycles. The van der Waals surface area contributed by atoms with Gasteiger partial charge in [-0.2, -0.15) is 0 Å². The van der Waals surface area contributed by atoms with E-state index in [1.807, 2.05) is 26.0 Å². The molecule has 0 bridgehead atoms. The molecule has 1 amide bonds. The van der Waals surface area contributed by atoms with E-state index in [1.165, 1.54) is 6.26 Å². The average molecular weight is 429 g/mol. The van der Waals surface area contributed by atoms with Crippen LogP contribution in [-0.4, -0.2) is 74.6 Å². The Hall–Kier alpha value is -2.51. The van der Waals surface area contributed by atoms with E-state index in [0.29, 0.717) is 49.4 Å². The van der Waals surface area contributed by atoms with Gasteiger partial charge in [-0.3, -0.25) is 14.5 Å². The first-order chi connectivity index (χ1) is 14.2. The van der Waals surface area contributed by atoms with Crippen molar-refractivity contribution in [2.75, 3.05) is 44.7 Å². The number of piperazine rings is 1. The van der Waals surface area contributed by atoms with Crippen LogP contribution in [0.5, 0.6) is 0 Å². The number of amides is 1. The molecular formula is C23H28N2O4S. The minimum absolute atomic E-state index is 0.119. The monoisotopic (exact) mass is 428 g/mol. The standard InChI is InChI=1S/C23H28N2O4S/c1-17-8-9-19(16-18(17)2)22(26)20-6-4-5-7-21(20)23(27)25-12-10-24(11-13-25)14-15-30(3,28)29/h4-9,16H,10-15H2,1-3H3. The lowest BCUT2D eigenvalue weighted by Gasteiger charge is -2.34. The maximum absolute atomic E-state index is 13.2. The number of carbonyl (C=O) groups excluding carboxylic acids is 2. The molecule has 30 heavy (non-hydrogen) atoms. The third kappa shape index (κ3) is 5.34. The minimum atomic E-state index is -3.00. The average Bonchev–Trinajstić information content (AvgIpc) is 2.73. The Morgan fingerprint density at radius 1 is 0.900 bits per heavy atom. The predicted molar refractivity (Wildman–Crippen MR) is 118 cm³/mol. The van der Waals surface area contributed by atoms with Gasteiger partial charge in [0.05, 0.1) is 11.3 Å². The molecule has 0 atom stereocenters. The molecule has 3 rings (SSSR count). The van der Waals surface area contributed by atoms with Gasteiger partial charge in [0.25, 0.3) is 5.91 Å². The zero-order valence-corrected chi connectivity index (χ0v) is 18.5. The first kappa shape index (κ1) is 22.2. The number of carbonyl (C=O) groups is 2. The van der Waals surface area contributed by atoms with Crippen molar-refractivity contribution in [1.29, 1.82) is 0 Å². The Balaban J connectivity index is 1.73. The molecule has 1 saturated heterocycles. The molecule has 0 saturated carbocycles. The van der Waals surface area contributed by atoms with Gasteiger partial charge in [0.15, 0.2) is 5.78 Å². The summed E-state index contributed by atoms with van der Waals surface area (Å²) in [7, 11) is -3.00. The van der Waals surface area contributed by atoms with E-state index in [9.17, 15) is 18.0 Å². The Kier molecular flexibility index (Phi) is 6.73. The lowest BCUT2D eigenvalue weighted by atomic mass is 9.95. The first-order valence-electron chi connectivity index (χ1n) is 10.1. The van der Waals surface area contributed by atoms with Crippen molar-refractivity contribution < 1.29 is 18.0 Å². The van der Waals surface area contributed by atoms with E-state index >= 15 is 0 Å². The Morgan fingerprint density at radius 2 is 1.53 bits per heavy atom. The summed E-state index contributed by atoms with van der Waals surface area (Å²) < 4.78 is 22.7. The summed E-state index contributed by atoms with van der Waals surface area (Å²) in [6.07, 6.45) is 1.23. The number of rotatable bonds is 6. The second-order valence-electron chi connectivity index (χ2n) is 7.94. The highest BCUT2D eigenvalue weighted by molar-refractivity contribution is 7.90. The van der Waals surface area contributed by atoms with Crippen molar-refractivity contribution >= 4 is 21.5 Å². The molecular weight excluding hydrogens is 400 g/mol. The molecule has 0 N–H and O–H groups in total. The van der Waals surface area contributed by atoms with Gasteiger partial charge >= 0.3 is 0 Å². The normalized spacial score (nSPS) is 15.2. The highest BCUT2D eigenvalue weighted by Crippen LogP contribution is 2.19. The fraction of sp³-hybridized carbons (Fsp3) is 0.391.